The van der Waals surface area contributed by atoms with E-state index in [0.29, 0.717) is 33.5 Å². The van der Waals surface area contributed by atoms with E-state index in [2.05, 4.69) is 27.7 Å². The van der Waals surface area contributed by atoms with Crippen molar-refractivity contribution in [3.8, 4) is 0 Å². The maximum absolute atomic E-state index is 12.8. The molecule has 0 saturated heterocycles. The fourth-order valence-electron chi connectivity index (χ4n) is 11.5. The van der Waals surface area contributed by atoms with Gasteiger partial charge in [-0.15, -0.1) is 0 Å². The van der Waals surface area contributed by atoms with Crippen LogP contribution in [0.5, 0.6) is 0 Å². The zero-order chi connectivity index (χ0) is 22.6. The highest BCUT2D eigenvalue weighted by molar-refractivity contribution is 5.92. The fraction of sp³-hybridized carbons (Fsp3) is 0.857. The summed E-state index contributed by atoms with van der Waals surface area (Å²) in [6.07, 6.45) is 16.1. The lowest BCUT2D eigenvalue weighted by Gasteiger charge is -2.64. The van der Waals surface area contributed by atoms with Crippen molar-refractivity contribution in [2.75, 3.05) is 0 Å². The van der Waals surface area contributed by atoms with Gasteiger partial charge in [-0.05, 0) is 111 Å². The van der Waals surface area contributed by atoms with Gasteiger partial charge in [0, 0.05) is 12.2 Å². The highest BCUT2D eigenvalue weighted by Crippen LogP contribution is 2.68. The Labute approximate surface area is 192 Å². The lowest BCUT2D eigenvalue weighted by Crippen LogP contribution is -2.60. The minimum Gasteiger partial charge on any atom is -0.456 e. The Balaban J connectivity index is 1.12. The van der Waals surface area contributed by atoms with Gasteiger partial charge in [0.2, 0.25) is 0 Å². The second kappa shape index (κ2) is 6.21. The van der Waals surface area contributed by atoms with E-state index < -0.39 is 0 Å². The average molecular weight is 441 g/mol. The zero-order valence-electron chi connectivity index (χ0n) is 20.4. The molecule has 4 heteroatoms. The number of hydrogen-bond donors (Lipinski definition) is 0. The maximum Gasteiger partial charge on any atom is 0.331 e. The monoisotopic (exact) mass is 440 g/mol. The molecular formula is C28H40O4. The zero-order valence-corrected chi connectivity index (χ0v) is 20.4. The highest BCUT2D eigenvalue weighted by Gasteiger charge is 2.63. The standard InChI is InChI=1S/C28H40O4/c1-23-7-19-8-24(2,13-23)16-27(11-19,15-23)31-21(29)5-6-22(30)32-28-12-20-9-25(3,17-28)14-26(4,10-20)18-28/h5-6,19-20H,7-18H2,1-4H3/b6-5+. The largest absolute Gasteiger partial charge is 0.456 e. The average Bonchev–Trinajstić information content (AvgIpc) is 2.52. The van der Waals surface area contributed by atoms with E-state index in [-0.39, 0.29) is 23.1 Å². The lowest BCUT2D eigenvalue weighted by atomic mass is 9.43. The van der Waals surface area contributed by atoms with E-state index in [1.807, 2.05) is 0 Å². The summed E-state index contributed by atoms with van der Waals surface area (Å²) in [6.45, 7) is 9.49. The molecule has 176 valence electrons. The Morgan fingerprint density at radius 3 is 1.16 bits per heavy atom. The molecule has 8 saturated carbocycles. The first-order valence-electron chi connectivity index (χ1n) is 12.9. The van der Waals surface area contributed by atoms with Crippen LogP contribution in [-0.2, 0) is 19.1 Å². The Morgan fingerprint density at radius 1 is 0.562 bits per heavy atom. The van der Waals surface area contributed by atoms with Gasteiger partial charge in [0.1, 0.15) is 11.2 Å². The second-order valence-electron chi connectivity index (χ2n) is 14.8. The van der Waals surface area contributed by atoms with Crippen molar-refractivity contribution >= 4 is 11.9 Å². The number of carbonyl (C=O) groups excluding carboxylic acids is 2. The van der Waals surface area contributed by atoms with Gasteiger partial charge in [-0.1, -0.05) is 27.7 Å². The van der Waals surface area contributed by atoms with Crippen LogP contribution in [0.25, 0.3) is 0 Å². The summed E-state index contributed by atoms with van der Waals surface area (Å²) in [7, 11) is 0. The number of hydrogen-bond acceptors (Lipinski definition) is 4. The maximum atomic E-state index is 12.8. The topological polar surface area (TPSA) is 52.6 Å². The predicted octanol–water partition coefficient (Wildman–Crippen LogP) is 6.13. The summed E-state index contributed by atoms with van der Waals surface area (Å²) in [4.78, 5) is 25.6. The van der Waals surface area contributed by atoms with Gasteiger partial charge in [-0.2, -0.15) is 0 Å². The molecule has 4 atom stereocenters. The molecule has 0 aliphatic heterocycles. The first kappa shape index (κ1) is 21.2. The number of rotatable bonds is 4. The minimum absolute atomic E-state index is 0.293. The SMILES string of the molecule is CC12CC3CC(C)(C1)CC(OC(=O)/C=C/C(=O)OC14CC5CC(C)(CC(C)(C5)C1)C4)(C3)C2. The normalized spacial score (nSPS) is 54.9. The van der Waals surface area contributed by atoms with Crippen molar-refractivity contribution in [2.24, 2.45) is 33.5 Å². The van der Waals surface area contributed by atoms with Gasteiger partial charge in [0.25, 0.3) is 0 Å². The molecule has 4 unspecified atom stereocenters. The molecule has 8 aliphatic rings. The molecule has 0 amide bonds. The van der Waals surface area contributed by atoms with Gasteiger partial charge in [0.05, 0.1) is 0 Å². The van der Waals surface area contributed by atoms with Gasteiger partial charge in [-0.25, -0.2) is 9.59 Å². The van der Waals surface area contributed by atoms with Crippen LogP contribution in [-0.4, -0.2) is 23.1 Å². The van der Waals surface area contributed by atoms with Gasteiger partial charge in [0.15, 0.2) is 0 Å². The van der Waals surface area contributed by atoms with Crippen LogP contribution >= 0.6 is 0 Å². The van der Waals surface area contributed by atoms with E-state index in [9.17, 15) is 9.59 Å². The number of esters is 2. The van der Waals surface area contributed by atoms with Gasteiger partial charge in [-0.3, -0.25) is 0 Å². The molecule has 0 aromatic carbocycles. The third kappa shape index (κ3) is 3.46. The van der Waals surface area contributed by atoms with Crippen LogP contribution in [0.4, 0.5) is 0 Å². The Kier molecular flexibility index (Phi) is 4.12. The number of ether oxygens (including phenoxy) is 2. The van der Waals surface area contributed by atoms with E-state index in [1.54, 1.807) is 0 Å². The van der Waals surface area contributed by atoms with E-state index in [4.69, 9.17) is 9.47 Å². The molecule has 0 heterocycles. The molecule has 0 radical (unpaired) electrons. The number of carbonyl (C=O) groups is 2. The van der Waals surface area contributed by atoms with Crippen molar-refractivity contribution in [1.82, 2.24) is 0 Å². The second-order valence-corrected chi connectivity index (χ2v) is 14.8. The summed E-state index contributed by atoms with van der Waals surface area (Å²) in [5, 5.41) is 0. The van der Waals surface area contributed by atoms with E-state index in [0.717, 1.165) is 38.5 Å². The Hall–Kier alpha value is -1.32. The smallest absolute Gasteiger partial charge is 0.331 e. The molecule has 8 fully saturated rings. The summed E-state index contributed by atoms with van der Waals surface area (Å²) in [6, 6.07) is 0. The summed E-state index contributed by atoms with van der Waals surface area (Å²) in [5.41, 5.74) is 0.502. The molecule has 8 aliphatic carbocycles. The van der Waals surface area contributed by atoms with Gasteiger partial charge >= 0.3 is 11.9 Å². The quantitative estimate of drug-likeness (QED) is 0.390. The van der Waals surface area contributed by atoms with Crippen molar-refractivity contribution in [1.29, 1.82) is 0 Å². The minimum atomic E-state index is -0.375. The van der Waals surface area contributed by atoms with Crippen LogP contribution < -0.4 is 0 Å². The first-order chi connectivity index (χ1) is 14.8. The molecular weight excluding hydrogens is 400 g/mol. The molecule has 0 spiro atoms. The van der Waals surface area contributed by atoms with Crippen LogP contribution in [0.3, 0.4) is 0 Å². The third-order valence-electron chi connectivity index (χ3n) is 10.1. The molecule has 0 aromatic rings. The fourth-order valence-corrected chi connectivity index (χ4v) is 11.5. The highest BCUT2D eigenvalue weighted by atomic mass is 16.6. The van der Waals surface area contributed by atoms with Crippen LogP contribution in [0.15, 0.2) is 12.2 Å². The van der Waals surface area contributed by atoms with Crippen molar-refractivity contribution < 1.29 is 19.1 Å². The molecule has 4 nitrogen and oxygen atoms in total. The van der Waals surface area contributed by atoms with E-state index in [1.165, 1.54) is 50.7 Å². The molecule has 0 N–H and O–H groups in total. The van der Waals surface area contributed by atoms with E-state index >= 15 is 0 Å². The molecule has 8 bridgehead atoms. The third-order valence-corrected chi connectivity index (χ3v) is 10.1. The Morgan fingerprint density at radius 2 is 0.875 bits per heavy atom. The van der Waals surface area contributed by atoms with Crippen molar-refractivity contribution in [2.45, 2.75) is 116 Å². The summed E-state index contributed by atoms with van der Waals surface area (Å²) < 4.78 is 12.2. The summed E-state index contributed by atoms with van der Waals surface area (Å²) >= 11 is 0. The van der Waals surface area contributed by atoms with Gasteiger partial charge < -0.3 is 9.47 Å². The molecule has 8 rings (SSSR count). The Bertz CT molecular complexity index is 793. The van der Waals surface area contributed by atoms with Crippen molar-refractivity contribution in [3.63, 3.8) is 0 Å². The van der Waals surface area contributed by atoms with Crippen LogP contribution in [0.1, 0.15) is 105 Å². The lowest BCUT2D eigenvalue weighted by molar-refractivity contribution is -0.214. The molecule has 0 aromatic heterocycles. The molecule has 32 heavy (non-hydrogen) atoms. The first-order valence-corrected chi connectivity index (χ1v) is 12.9. The van der Waals surface area contributed by atoms with Crippen molar-refractivity contribution in [3.05, 3.63) is 12.2 Å². The summed E-state index contributed by atoms with van der Waals surface area (Å²) in [5.74, 6) is 0.588. The van der Waals surface area contributed by atoms with Crippen LogP contribution in [0.2, 0.25) is 0 Å². The predicted molar refractivity (Wildman–Crippen MR) is 122 cm³/mol. The van der Waals surface area contributed by atoms with Crippen LogP contribution in [0, 0.1) is 33.5 Å².